The average molecular weight is 953 g/mol. The lowest BCUT2D eigenvalue weighted by molar-refractivity contribution is -0.165. The lowest BCUT2D eigenvalue weighted by Gasteiger charge is -2.42. The van der Waals surface area contributed by atoms with Gasteiger partial charge in [-0.05, 0) is 132 Å². The maximum absolute atomic E-state index is 14.0. The summed E-state index contributed by atoms with van der Waals surface area (Å²) in [7, 11) is 6.06. The summed E-state index contributed by atoms with van der Waals surface area (Å²) >= 11 is 0. The number of piperidine rings is 1. The number of fused-ring (bicyclic) bond motifs is 25. The molecule has 10 atom stereocenters. The minimum atomic E-state index is -1.87. The van der Waals surface area contributed by atoms with Crippen LogP contribution in [0.4, 0.5) is 0 Å². The van der Waals surface area contributed by atoms with Crippen molar-refractivity contribution in [2.45, 2.75) is 181 Å². The van der Waals surface area contributed by atoms with Gasteiger partial charge in [0, 0.05) is 46.4 Å². The lowest BCUT2D eigenvalue weighted by Crippen LogP contribution is -2.58. The second-order valence-electron chi connectivity index (χ2n) is 19.5. The number of methoxy groups -OCH3 is 2. The molecule has 13 nitrogen and oxygen atoms in total. The van der Waals surface area contributed by atoms with Gasteiger partial charge in [0.05, 0.1) is 19.3 Å². The van der Waals surface area contributed by atoms with E-state index in [1.807, 2.05) is 13.8 Å². The zero-order valence-corrected chi connectivity index (χ0v) is 43.7. The highest BCUT2D eigenvalue weighted by Crippen LogP contribution is 2.40. The van der Waals surface area contributed by atoms with Crippen LogP contribution >= 0.6 is 0 Å². The van der Waals surface area contributed by atoms with Crippen molar-refractivity contribution >= 4 is 23.4 Å². The number of amides is 1. The summed E-state index contributed by atoms with van der Waals surface area (Å²) in [6.45, 7) is 19.7. The predicted molar refractivity (Wildman–Crippen MR) is 274 cm³/mol. The second-order valence-corrected chi connectivity index (χ2v) is 19.5. The summed E-state index contributed by atoms with van der Waals surface area (Å²) in [4.78, 5) is 55.8. The third kappa shape index (κ3) is 21.7. The maximum atomic E-state index is 14.0. The van der Waals surface area contributed by atoms with Crippen molar-refractivity contribution in [2.24, 2.45) is 45.8 Å². The molecule has 1 saturated carbocycles. The maximum Gasteiger partial charge on any atom is 0.326 e. The SMILES string of the molecule is C=C1CC[C@H](C)/C=C/C=C/C=C(\C)CCCCCC(C)C(O)(CC)C(=O)C(=O)N2CCC(CC2C(=O)O)[C@H](CC2CCCC(OC)C2)CCC(=O)[C@H](C)/C=C(\C)CC1OC.C=CNN=NC.CO. The zero-order chi connectivity index (χ0) is 51.2. The molecule has 0 aromatic carbocycles. The van der Waals surface area contributed by atoms with E-state index in [0.29, 0.717) is 43.9 Å². The molecule has 2 bridgehead atoms. The molecule has 0 aromatic rings. The number of nitrogens with zero attached hydrogens (tertiary/aromatic N) is 3. The number of carbonyl (C=O) groups excluding carboxylic acids is 3. The van der Waals surface area contributed by atoms with E-state index in [4.69, 9.17) is 14.6 Å². The quantitative estimate of drug-likeness (QED) is 0.0789. The number of ketones is 2. The van der Waals surface area contributed by atoms with E-state index in [9.17, 15) is 29.4 Å². The molecule has 3 aliphatic heterocycles. The highest BCUT2D eigenvalue weighted by Gasteiger charge is 2.48. The number of aliphatic carboxylic acids is 1. The Balaban J connectivity index is 0.00000267. The van der Waals surface area contributed by atoms with E-state index in [-0.39, 0.29) is 55.1 Å². The smallest absolute Gasteiger partial charge is 0.326 e. The minimum absolute atomic E-state index is 0.0345. The van der Waals surface area contributed by atoms with Crippen LogP contribution in [0.2, 0.25) is 0 Å². The standard InChI is InChI=1S/C51H81NO8.C3H7N3.CH4O/c1-10-51(58)40(7)21-16-12-15-19-35(2)18-13-11-14-20-36(3)24-25-38(5)47(60-9)31-37(4)30-39(6)46(53)27-26-42(32-41-22-17-23-44(33-41)59-8)43-28-29-52(49(55)48(51)54)45(34-43)50(56)57;1-3-5-6-4-2;1-2/h11,13-14,18,20,30,36,39-45,47,58H,5,10,12,15-17,19,21-29,31-34H2,1-4,6-9H3,(H,56,57);3H,1H2,2H3,(H,4,5);2H,1H3/b13-11+,20-14+,35-18+,37-30+;;/t36-,39-,40?,41?,42+,43?,44?,45?,47?,51?;;/m1../s1. The molecule has 4 aliphatic rings. The molecule has 68 heavy (non-hydrogen) atoms. The number of Topliss-reactive ketones (excluding diaryl/α,β-unsaturated/α-hetero) is 2. The molecule has 386 valence electrons. The fourth-order valence-corrected chi connectivity index (χ4v) is 10.1. The van der Waals surface area contributed by atoms with Crippen LogP contribution in [-0.2, 0) is 28.7 Å². The van der Waals surface area contributed by atoms with Crippen LogP contribution in [0.5, 0.6) is 0 Å². The number of hydrogen-bond donors (Lipinski definition) is 4. The molecule has 3 heterocycles. The fraction of sp³-hybridized carbons (Fsp3) is 0.709. The number of ether oxygens (including phenoxy) is 2. The predicted octanol–water partition coefficient (Wildman–Crippen LogP) is 10.9. The number of carbonyl (C=O) groups is 4. The zero-order valence-electron chi connectivity index (χ0n) is 43.7. The van der Waals surface area contributed by atoms with Gasteiger partial charge in [0.1, 0.15) is 17.4 Å². The van der Waals surface area contributed by atoms with Gasteiger partial charge in [-0.2, -0.15) is 5.11 Å². The molecule has 13 heteroatoms. The Labute approximate surface area is 410 Å². The van der Waals surface area contributed by atoms with E-state index in [2.05, 4.69) is 86.1 Å². The largest absolute Gasteiger partial charge is 0.480 e. The minimum Gasteiger partial charge on any atom is -0.480 e. The Hall–Kier alpha value is -4.04. The first-order valence-corrected chi connectivity index (χ1v) is 25.3. The van der Waals surface area contributed by atoms with Crippen molar-refractivity contribution in [2.75, 3.05) is 34.9 Å². The lowest BCUT2D eigenvalue weighted by atomic mass is 9.71. The molecule has 1 aliphatic carbocycles. The van der Waals surface area contributed by atoms with Crippen molar-refractivity contribution in [1.82, 2.24) is 10.3 Å². The van der Waals surface area contributed by atoms with Crippen molar-refractivity contribution in [3.63, 3.8) is 0 Å². The van der Waals surface area contributed by atoms with Gasteiger partial charge in [0.15, 0.2) is 0 Å². The molecule has 1 amide bonds. The number of rotatable bonds is 8. The van der Waals surface area contributed by atoms with E-state index >= 15 is 0 Å². The third-order valence-corrected chi connectivity index (χ3v) is 14.5. The van der Waals surface area contributed by atoms with Crippen molar-refractivity contribution in [1.29, 1.82) is 0 Å². The summed E-state index contributed by atoms with van der Waals surface area (Å²) in [6, 6.07) is -1.18. The van der Waals surface area contributed by atoms with Crippen LogP contribution in [0.25, 0.3) is 0 Å². The molecular weight excluding hydrogens is 861 g/mol. The topological polar surface area (TPSA) is 187 Å². The van der Waals surface area contributed by atoms with Crippen LogP contribution in [0.15, 0.2) is 82.9 Å². The van der Waals surface area contributed by atoms with E-state index < -0.39 is 35.2 Å². The molecular formula is C55H92N4O9. The highest BCUT2D eigenvalue weighted by atomic mass is 16.5. The number of carboxylic acid groups (broad SMARTS) is 1. The molecule has 0 radical (unpaired) electrons. The molecule has 1 saturated heterocycles. The molecule has 2 fully saturated rings. The molecule has 4 rings (SSSR count). The fourth-order valence-electron chi connectivity index (χ4n) is 10.1. The number of aliphatic hydroxyl groups is 2. The molecule has 4 N–H and O–H groups in total. The van der Waals surface area contributed by atoms with Gasteiger partial charge in [-0.15, -0.1) is 0 Å². The van der Waals surface area contributed by atoms with Crippen LogP contribution < -0.4 is 5.43 Å². The van der Waals surface area contributed by atoms with E-state index in [1.165, 1.54) is 16.7 Å². The Kier molecular flexibility index (Phi) is 31.3. The number of carboxylic acids is 1. The van der Waals surface area contributed by atoms with Gasteiger partial charge in [-0.1, -0.05) is 119 Å². The number of hydrogen-bond acceptors (Lipinski definition) is 10. The van der Waals surface area contributed by atoms with Crippen molar-refractivity contribution < 1.29 is 44.0 Å². The summed E-state index contributed by atoms with van der Waals surface area (Å²) in [5.74, 6) is -2.72. The first kappa shape index (κ1) is 62.0. The van der Waals surface area contributed by atoms with Gasteiger partial charge < -0.3 is 29.7 Å². The van der Waals surface area contributed by atoms with Gasteiger partial charge in [-0.25, -0.2) is 4.79 Å². The number of aliphatic hydroxyl groups excluding tert-OH is 1. The Morgan fingerprint density at radius 3 is 2.25 bits per heavy atom. The van der Waals surface area contributed by atoms with Crippen LogP contribution in [-0.4, -0.2) is 102 Å². The third-order valence-electron chi connectivity index (χ3n) is 14.5. The van der Waals surface area contributed by atoms with Crippen molar-refractivity contribution in [3.8, 4) is 0 Å². The van der Waals surface area contributed by atoms with Crippen molar-refractivity contribution in [3.05, 3.63) is 72.5 Å². The first-order valence-electron chi connectivity index (χ1n) is 25.3. The van der Waals surface area contributed by atoms with Gasteiger partial charge in [-0.3, -0.25) is 19.8 Å². The summed E-state index contributed by atoms with van der Waals surface area (Å²) < 4.78 is 11.6. The number of allylic oxidation sites excluding steroid dienone is 7. The van der Waals surface area contributed by atoms with E-state index in [1.54, 1.807) is 28.2 Å². The Morgan fingerprint density at radius 2 is 1.63 bits per heavy atom. The van der Waals surface area contributed by atoms with Gasteiger partial charge in [0.25, 0.3) is 11.7 Å². The van der Waals surface area contributed by atoms with E-state index in [0.717, 1.165) is 88.9 Å². The average Bonchev–Trinajstić information content (AvgIpc) is 3.34. The van der Waals surface area contributed by atoms with Crippen LogP contribution in [0.1, 0.15) is 157 Å². The van der Waals surface area contributed by atoms with Gasteiger partial charge in [0.2, 0.25) is 0 Å². The first-order chi connectivity index (χ1) is 32.4. The monoisotopic (exact) mass is 953 g/mol. The Morgan fingerprint density at radius 1 is 0.912 bits per heavy atom. The number of nitrogens with one attached hydrogen (secondary N) is 1. The molecule has 0 aromatic heterocycles. The summed E-state index contributed by atoms with van der Waals surface area (Å²) in [6.07, 6.45) is 27.7. The summed E-state index contributed by atoms with van der Waals surface area (Å²) in [5.41, 5.74) is 3.97. The molecule has 0 spiro atoms. The second kappa shape index (κ2) is 34.3. The van der Waals surface area contributed by atoms with Crippen LogP contribution in [0.3, 0.4) is 0 Å². The highest BCUT2D eigenvalue weighted by molar-refractivity contribution is 6.39. The van der Waals surface area contributed by atoms with Gasteiger partial charge >= 0.3 is 5.97 Å². The van der Waals surface area contributed by atoms with Crippen LogP contribution in [0, 0.1) is 35.5 Å². The normalized spacial score (nSPS) is 33.1. The molecule has 7 unspecified atom stereocenters. The Bertz CT molecular complexity index is 1700. The summed E-state index contributed by atoms with van der Waals surface area (Å²) in [5, 5.41) is 36.0.